The van der Waals surface area contributed by atoms with Crippen molar-refractivity contribution in [2.45, 2.75) is 19.4 Å². The molecule has 0 heterocycles. The summed E-state index contributed by atoms with van der Waals surface area (Å²) in [5.41, 5.74) is 8.14. The maximum atomic E-state index is 13.3. The summed E-state index contributed by atoms with van der Waals surface area (Å²) in [7, 11) is 0. The van der Waals surface area contributed by atoms with Crippen LogP contribution in [-0.2, 0) is 5.54 Å². The summed E-state index contributed by atoms with van der Waals surface area (Å²) in [5, 5.41) is 0.667. The van der Waals surface area contributed by atoms with Crippen LogP contribution in [0.2, 0.25) is 5.02 Å². The molecule has 0 aliphatic heterocycles. The summed E-state index contributed by atoms with van der Waals surface area (Å²) in [6, 6.07) is 12.0. The Morgan fingerprint density at radius 3 is 2.39 bits per heavy atom. The van der Waals surface area contributed by atoms with E-state index in [0.717, 1.165) is 16.7 Å². The summed E-state index contributed by atoms with van der Waals surface area (Å²) in [5.74, 6) is -0.289. The lowest BCUT2D eigenvalue weighted by atomic mass is 9.85. The van der Waals surface area contributed by atoms with Gasteiger partial charge in [0.05, 0.1) is 5.54 Å². The van der Waals surface area contributed by atoms with E-state index in [1.165, 1.54) is 12.1 Å². The fraction of sp³-hybridized carbons (Fsp3) is 0.200. The molecule has 2 N–H and O–H groups in total. The van der Waals surface area contributed by atoms with Crippen LogP contribution in [0, 0.1) is 12.7 Å². The topological polar surface area (TPSA) is 26.0 Å². The molecule has 1 atom stereocenters. The molecule has 0 saturated carbocycles. The van der Waals surface area contributed by atoms with Crippen LogP contribution in [0.5, 0.6) is 0 Å². The van der Waals surface area contributed by atoms with E-state index in [0.29, 0.717) is 5.02 Å². The normalized spacial score (nSPS) is 14.3. The second kappa shape index (κ2) is 4.71. The molecular formula is C15H15ClFN. The van der Waals surface area contributed by atoms with Crippen molar-refractivity contribution in [1.82, 2.24) is 0 Å². The van der Waals surface area contributed by atoms with Crippen LogP contribution >= 0.6 is 11.6 Å². The smallest absolute Gasteiger partial charge is 0.123 e. The molecule has 1 unspecified atom stereocenters. The molecule has 0 fully saturated rings. The number of hydrogen-bond acceptors (Lipinski definition) is 1. The van der Waals surface area contributed by atoms with Crippen LogP contribution in [0.25, 0.3) is 0 Å². The average molecular weight is 264 g/mol. The Hall–Kier alpha value is -1.38. The highest BCUT2D eigenvalue weighted by molar-refractivity contribution is 6.31. The van der Waals surface area contributed by atoms with Crippen LogP contribution < -0.4 is 5.73 Å². The van der Waals surface area contributed by atoms with Crippen LogP contribution in [0.15, 0.2) is 42.5 Å². The Labute approximate surface area is 111 Å². The third-order valence-corrected chi connectivity index (χ3v) is 3.60. The number of halogens is 2. The molecule has 3 heteroatoms. The lowest BCUT2D eigenvalue weighted by Crippen LogP contribution is -2.34. The van der Waals surface area contributed by atoms with Crippen LogP contribution in [0.1, 0.15) is 23.6 Å². The minimum Gasteiger partial charge on any atom is -0.318 e. The Bertz CT molecular complexity index is 578. The van der Waals surface area contributed by atoms with Crippen molar-refractivity contribution in [3.63, 3.8) is 0 Å². The first-order chi connectivity index (χ1) is 8.41. The van der Waals surface area contributed by atoms with Gasteiger partial charge < -0.3 is 5.73 Å². The Morgan fingerprint density at radius 2 is 1.78 bits per heavy atom. The van der Waals surface area contributed by atoms with Gasteiger partial charge in [0.1, 0.15) is 5.82 Å². The summed E-state index contributed by atoms with van der Waals surface area (Å²) >= 11 is 6.11. The van der Waals surface area contributed by atoms with Gasteiger partial charge in [-0.1, -0.05) is 35.9 Å². The third-order valence-electron chi connectivity index (χ3n) is 3.20. The van der Waals surface area contributed by atoms with Crippen molar-refractivity contribution in [3.05, 3.63) is 70.0 Å². The van der Waals surface area contributed by atoms with Gasteiger partial charge in [-0.2, -0.15) is 0 Å². The lowest BCUT2D eigenvalue weighted by molar-refractivity contribution is 0.581. The van der Waals surface area contributed by atoms with E-state index in [1.54, 1.807) is 6.07 Å². The molecule has 2 aromatic rings. The zero-order valence-electron chi connectivity index (χ0n) is 10.4. The quantitative estimate of drug-likeness (QED) is 0.870. The largest absolute Gasteiger partial charge is 0.318 e. The molecule has 18 heavy (non-hydrogen) atoms. The molecule has 0 saturated heterocycles. The van der Waals surface area contributed by atoms with Crippen molar-refractivity contribution in [3.8, 4) is 0 Å². The SMILES string of the molecule is Cc1ccc(C(C)(N)c2cccc(F)c2)cc1Cl. The van der Waals surface area contributed by atoms with Gasteiger partial charge >= 0.3 is 0 Å². The molecule has 0 aliphatic carbocycles. The van der Waals surface area contributed by atoms with Gasteiger partial charge in [-0.15, -0.1) is 0 Å². The Balaban J connectivity index is 2.50. The molecule has 2 rings (SSSR count). The maximum Gasteiger partial charge on any atom is 0.123 e. The van der Waals surface area contributed by atoms with Crippen molar-refractivity contribution in [2.75, 3.05) is 0 Å². The first kappa shape index (κ1) is 13.1. The second-order valence-corrected chi connectivity index (χ2v) is 5.08. The summed E-state index contributed by atoms with van der Waals surface area (Å²) in [4.78, 5) is 0. The highest BCUT2D eigenvalue weighted by Crippen LogP contribution is 2.29. The summed E-state index contributed by atoms with van der Waals surface area (Å²) in [6.07, 6.45) is 0. The van der Waals surface area contributed by atoms with Gasteiger partial charge in [0.2, 0.25) is 0 Å². The maximum absolute atomic E-state index is 13.3. The first-order valence-electron chi connectivity index (χ1n) is 5.73. The third kappa shape index (κ3) is 2.40. The van der Waals surface area contributed by atoms with Crippen molar-refractivity contribution < 1.29 is 4.39 Å². The predicted molar refractivity (Wildman–Crippen MR) is 73.2 cm³/mol. The fourth-order valence-electron chi connectivity index (χ4n) is 1.89. The molecule has 0 aromatic heterocycles. The monoisotopic (exact) mass is 263 g/mol. The minimum atomic E-state index is -0.764. The van der Waals surface area contributed by atoms with Crippen LogP contribution in [0.4, 0.5) is 4.39 Å². The molecule has 2 aromatic carbocycles. The zero-order chi connectivity index (χ0) is 13.3. The molecule has 0 bridgehead atoms. The number of aryl methyl sites for hydroxylation is 1. The predicted octanol–water partition coefficient (Wildman–Crippen LogP) is 4.01. The molecule has 1 nitrogen and oxygen atoms in total. The van der Waals surface area contributed by atoms with E-state index in [2.05, 4.69) is 0 Å². The minimum absolute atomic E-state index is 0.289. The Morgan fingerprint density at radius 1 is 1.11 bits per heavy atom. The summed E-state index contributed by atoms with van der Waals surface area (Å²) in [6.45, 7) is 3.78. The number of rotatable bonds is 2. The van der Waals surface area contributed by atoms with E-state index in [1.807, 2.05) is 38.1 Å². The Kier molecular flexibility index (Phi) is 3.42. The van der Waals surface area contributed by atoms with E-state index in [9.17, 15) is 4.39 Å². The van der Waals surface area contributed by atoms with Crippen molar-refractivity contribution in [1.29, 1.82) is 0 Å². The van der Waals surface area contributed by atoms with Gasteiger partial charge in [0.25, 0.3) is 0 Å². The van der Waals surface area contributed by atoms with Crippen molar-refractivity contribution >= 4 is 11.6 Å². The molecular weight excluding hydrogens is 249 g/mol. The van der Waals surface area contributed by atoms with Gasteiger partial charge in [-0.25, -0.2) is 4.39 Å². The molecule has 0 aliphatic rings. The fourth-order valence-corrected chi connectivity index (χ4v) is 2.07. The summed E-state index contributed by atoms with van der Waals surface area (Å²) < 4.78 is 13.3. The standard InChI is InChI=1S/C15H15ClFN/c1-10-6-7-12(9-14(10)16)15(2,18)11-4-3-5-13(17)8-11/h3-9H,18H2,1-2H3. The highest BCUT2D eigenvalue weighted by atomic mass is 35.5. The van der Waals surface area contributed by atoms with Gasteiger partial charge in [0, 0.05) is 5.02 Å². The van der Waals surface area contributed by atoms with Crippen molar-refractivity contribution in [2.24, 2.45) is 5.73 Å². The highest BCUT2D eigenvalue weighted by Gasteiger charge is 2.24. The second-order valence-electron chi connectivity index (χ2n) is 4.68. The first-order valence-corrected chi connectivity index (χ1v) is 6.10. The number of benzene rings is 2. The zero-order valence-corrected chi connectivity index (χ0v) is 11.1. The van der Waals surface area contributed by atoms with Gasteiger partial charge in [-0.05, 0) is 48.7 Å². The van der Waals surface area contributed by atoms with Gasteiger partial charge in [-0.3, -0.25) is 0 Å². The molecule has 0 amide bonds. The number of hydrogen-bond donors (Lipinski definition) is 1. The molecule has 0 spiro atoms. The van der Waals surface area contributed by atoms with Gasteiger partial charge in [0.15, 0.2) is 0 Å². The average Bonchev–Trinajstić information content (AvgIpc) is 2.32. The van der Waals surface area contributed by atoms with Crippen LogP contribution in [-0.4, -0.2) is 0 Å². The van der Waals surface area contributed by atoms with E-state index < -0.39 is 5.54 Å². The lowest BCUT2D eigenvalue weighted by Gasteiger charge is -2.26. The van der Waals surface area contributed by atoms with E-state index in [-0.39, 0.29) is 5.82 Å². The number of nitrogens with two attached hydrogens (primary N) is 1. The molecule has 94 valence electrons. The van der Waals surface area contributed by atoms with Crippen LogP contribution in [0.3, 0.4) is 0 Å². The van der Waals surface area contributed by atoms with E-state index >= 15 is 0 Å². The van der Waals surface area contributed by atoms with E-state index in [4.69, 9.17) is 17.3 Å². The molecule has 0 radical (unpaired) electrons.